The number of hydrogen-bond donors (Lipinski definition) is 2. The Bertz CT molecular complexity index is 833. The van der Waals surface area contributed by atoms with Gasteiger partial charge in [-0.1, -0.05) is 12.1 Å². The molecule has 5 nitrogen and oxygen atoms in total. The second-order valence-electron chi connectivity index (χ2n) is 6.17. The molecule has 1 atom stereocenters. The molecule has 2 N–H and O–H groups in total. The number of pyridine rings is 1. The minimum Gasteiger partial charge on any atom is -0.362 e. The highest BCUT2D eigenvalue weighted by atomic mass is 32.1. The maximum Gasteiger partial charge on any atom is 0.180 e. The molecular weight excluding hydrogens is 330 g/mol. The lowest BCUT2D eigenvalue weighted by Gasteiger charge is -2.18. The number of aromatic nitrogens is 3. The zero-order valence-corrected chi connectivity index (χ0v) is 15.0. The molecule has 3 aromatic rings. The highest BCUT2D eigenvalue weighted by Gasteiger charge is 2.19. The molecule has 0 unspecified atom stereocenters. The maximum atomic E-state index is 4.84. The summed E-state index contributed by atoms with van der Waals surface area (Å²) in [5, 5.41) is 9.17. The molecule has 25 heavy (non-hydrogen) atoms. The largest absolute Gasteiger partial charge is 0.362 e. The highest BCUT2D eigenvalue weighted by molar-refractivity contribution is 7.10. The molecule has 0 bridgehead atoms. The Morgan fingerprint density at radius 2 is 2.04 bits per heavy atom. The van der Waals surface area contributed by atoms with Crippen molar-refractivity contribution < 1.29 is 0 Å². The molecule has 3 aromatic heterocycles. The third-order valence-corrected chi connectivity index (χ3v) is 5.46. The Kier molecular flexibility index (Phi) is 4.72. The molecule has 0 spiro atoms. The fraction of sp³-hybridized carbons (Fsp3) is 0.316. The van der Waals surface area contributed by atoms with Crippen LogP contribution in [0, 0.1) is 0 Å². The van der Waals surface area contributed by atoms with Crippen molar-refractivity contribution in [3.05, 3.63) is 58.0 Å². The van der Waals surface area contributed by atoms with Crippen LogP contribution in [0.25, 0.3) is 11.5 Å². The maximum absolute atomic E-state index is 4.84. The van der Waals surface area contributed by atoms with Crippen LogP contribution >= 0.6 is 11.3 Å². The van der Waals surface area contributed by atoms with Gasteiger partial charge in [0.2, 0.25) is 0 Å². The smallest absolute Gasteiger partial charge is 0.180 e. The second-order valence-corrected chi connectivity index (χ2v) is 7.15. The predicted octanol–water partition coefficient (Wildman–Crippen LogP) is 3.46. The zero-order valence-electron chi connectivity index (χ0n) is 14.2. The number of rotatable bonds is 4. The van der Waals surface area contributed by atoms with E-state index in [-0.39, 0.29) is 6.04 Å². The van der Waals surface area contributed by atoms with Gasteiger partial charge in [-0.05, 0) is 43.5 Å². The third kappa shape index (κ3) is 3.55. The Morgan fingerprint density at radius 3 is 2.84 bits per heavy atom. The van der Waals surface area contributed by atoms with E-state index in [0.29, 0.717) is 5.82 Å². The summed E-state index contributed by atoms with van der Waals surface area (Å²) < 4.78 is 0. The number of hydrogen-bond acceptors (Lipinski definition) is 6. The first kappa shape index (κ1) is 16.2. The van der Waals surface area contributed by atoms with Gasteiger partial charge in [-0.2, -0.15) is 0 Å². The van der Waals surface area contributed by atoms with E-state index in [4.69, 9.17) is 9.97 Å². The zero-order chi connectivity index (χ0) is 17.1. The molecule has 0 aliphatic carbocycles. The SMILES string of the molecule is C[C@@H](Nc1nc(-c2ccccn2)nc2c1CCNCC2)c1cccs1. The fourth-order valence-corrected chi connectivity index (χ4v) is 3.82. The monoisotopic (exact) mass is 351 g/mol. The molecule has 0 aromatic carbocycles. The summed E-state index contributed by atoms with van der Waals surface area (Å²) in [5.74, 6) is 1.64. The lowest BCUT2D eigenvalue weighted by Crippen LogP contribution is -2.16. The van der Waals surface area contributed by atoms with E-state index in [9.17, 15) is 0 Å². The molecule has 0 saturated carbocycles. The van der Waals surface area contributed by atoms with Gasteiger partial charge in [-0.25, -0.2) is 9.97 Å². The van der Waals surface area contributed by atoms with Crippen LogP contribution in [0.3, 0.4) is 0 Å². The number of thiophene rings is 1. The van der Waals surface area contributed by atoms with Crippen molar-refractivity contribution in [2.24, 2.45) is 0 Å². The van der Waals surface area contributed by atoms with E-state index in [0.717, 1.165) is 43.1 Å². The van der Waals surface area contributed by atoms with Crippen LogP contribution in [0.4, 0.5) is 5.82 Å². The summed E-state index contributed by atoms with van der Waals surface area (Å²) in [6.45, 7) is 4.09. The molecular formula is C19H21N5S. The first-order chi connectivity index (χ1) is 12.3. The molecule has 0 fully saturated rings. The number of fused-ring (bicyclic) bond motifs is 1. The van der Waals surface area contributed by atoms with Crippen LogP contribution < -0.4 is 10.6 Å². The van der Waals surface area contributed by atoms with Crippen LogP contribution in [0.5, 0.6) is 0 Å². The van der Waals surface area contributed by atoms with Crippen molar-refractivity contribution in [3.63, 3.8) is 0 Å². The van der Waals surface area contributed by atoms with E-state index in [2.05, 4.69) is 40.1 Å². The van der Waals surface area contributed by atoms with E-state index >= 15 is 0 Å². The Balaban J connectivity index is 1.75. The number of anilines is 1. The van der Waals surface area contributed by atoms with Gasteiger partial charge in [-0.3, -0.25) is 4.98 Å². The van der Waals surface area contributed by atoms with Crippen LogP contribution in [0.2, 0.25) is 0 Å². The quantitative estimate of drug-likeness (QED) is 0.754. The fourth-order valence-electron chi connectivity index (χ4n) is 3.09. The van der Waals surface area contributed by atoms with E-state index in [1.54, 1.807) is 17.5 Å². The van der Waals surface area contributed by atoms with Gasteiger partial charge >= 0.3 is 0 Å². The molecule has 1 aliphatic heterocycles. The highest BCUT2D eigenvalue weighted by Crippen LogP contribution is 2.28. The summed E-state index contributed by atoms with van der Waals surface area (Å²) in [4.78, 5) is 15.4. The molecule has 0 saturated heterocycles. The lowest BCUT2D eigenvalue weighted by atomic mass is 10.1. The van der Waals surface area contributed by atoms with Gasteiger partial charge in [-0.15, -0.1) is 11.3 Å². The minimum atomic E-state index is 0.215. The van der Waals surface area contributed by atoms with Crippen molar-refractivity contribution in [1.82, 2.24) is 20.3 Å². The average Bonchev–Trinajstić information content (AvgIpc) is 3.08. The van der Waals surface area contributed by atoms with Crippen LogP contribution in [0.15, 0.2) is 41.9 Å². The third-order valence-electron chi connectivity index (χ3n) is 4.40. The van der Waals surface area contributed by atoms with Crippen LogP contribution in [-0.2, 0) is 12.8 Å². The van der Waals surface area contributed by atoms with Gasteiger partial charge in [0, 0.05) is 29.6 Å². The lowest BCUT2D eigenvalue weighted by molar-refractivity contribution is 0.708. The molecule has 1 aliphatic rings. The van der Waals surface area contributed by atoms with Crippen molar-refractivity contribution in [3.8, 4) is 11.5 Å². The molecule has 4 heterocycles. The van der Waals surface area contributed by atoms with Crippen molar-refractivity contribution in [2.45, 2.75) is 25.8 Å². The molecule has 4 rings (SSSR count). The first-order valence-corrected chi connectivity index (χ1v) is 9.51. The normalized spacial score (nSPS) is 15.2. The molecule has 128 valence electrons. The summed E-state index contributed by atoms with van der Waals surface area (Å²) in [6.07, 6.45) is 3.64. The predicted molar refractivity (Wildman–Crippen MR) is 102 cm³/mol. The Morgan fingerprint density at radius 1 is 1.12 bits per heavy atom. The van der Waals surface area contributed by atoms with Crippen LogP contribution in [-0.4, -0.2) is 28.0 Å². The standard InChI is InChI=1S/C19H21N5S/c1-13(17-6-4-12-25-17)22-18-14-7-10-20-11-8-15(14)23-19(24-18)16-5-2-3-9-21-16/h2-6,9,12-13,20H,7-8,10-11H2,1H3,(H,22,23,24)/t13-/m1/s1. The summed E-state index contributed by atoms with van der Waals surface area (Å²) in [5.41, 5.74) is 3.17. The van der Waals surface area contributed by atoms with Gasteiger partial charge < -0.3 is 10.6 Å². The summed E-state index contributed by atoms with van der Waals surface area (Å²) in [6, 6.07) is 10.3. The number of nitrogens with one attached hydrogen (secondary N) is 2. The van der Waals surface area contributed by atoms with Gasteiger partial charge in [0.15, 0.2) is 5.82 Å². The van der Waals surface area contributed by atoms with Gasteiger partial charge in [0.05, 0.1) is 11.7 Å². The molecule has 0 amide bonds. The van der Waals surface area contributed by atoms with Crippen LogP contribution in [0.1, 0.15) is 29.1 Å². The van der Waals surface area contributed by atoms with Crippen molar-refractivity contribution in [2.75, 3.05) is 18.4 Å². The van der Waals surface area contributed by atoms with Gasteiger partial charge in [0.25, 0.3) is 0 Å². The Hall–Kier alpha value is -2.31. The molecule has 6 heteroatoms. The molecule has 0 radical (unpaired) electrons. The first-order valence-electron chi connectivity index (χ1n) is 8.63. The van der Waals surface area contributed by atoms with Gasteiger partial charge in [0.1, 0.15) is 11.5 Å². The number of nitrogens with zero attached hydrogens (tertiary/aromatic N) is 3. The Labute approximate surface area is 151 Å². The van der Waals surface area contributed by atoms with E-state index < -0.39 is 0 Å². The van der Waals surface area contributed by atoms with Crippen molar-refractivity contribution >= 4 is 17.2 Å². The topological polar surface area (TPSA) is 62.7 Å². The minimum absolute atomic E-state index is 0.215. The van der Waals surface area contributed by atoms with Crippen molar-refractivity contribution in [1.29, 1.82) is 0 Å². The average molecular weight is 351 g/mol. The summed E-state index contributed by atoms with van der Waals surface area (Å²) >= 11 is 1.76. The second kappa shape index (κ2) is 7.29. The van der Waals surface area contributed by atoms with E-state index in [1.165, 1.54) is 10.4 Å². The van der Waals surface area contributed by atoms with E-state index in [1.807, 2.05) is 18.2 Å². The summed E-state index contributed by atoms with van der Waals surface area (Å²) in [7, 11) is 0.